The Kier molecular flexibility index (Phi) is 3.36. The maximum atomic E-state index is 12.6. The van der Waals surface area contributed by atoms with Crippen molar-refractivity contribution in [2.75, 3.05) is 0 Å². The van der Waals surface area contributed by atoms with Crippen molar-refractivity contribution in [3.8, 4) is 0 Å². The number of hydrogen-bond acceptors (Lipinski definition) is 5. The first-order valence-electron chi connectivity index (χ1n) is 6.88. The fourth-order valence-corrected chi connectivity index (χ4v) is 3.37. The van der Waals surface area contributed by atoms with E-state index in [0.717, 1.165) is 6.07 Å². The van der Waals surface area contributed by atoms with Gasteiger partial charge in [-0.3, -0.25) is 24.5 Å². The number of rotatable bonds is 3. The Bertz CT molecular complexity index is 729. The average Bonchev–Trinajstić information content (AvgIpc) is 3.25. The quantitative estimate of drug-likeness (QED) is 0.369. The summed E-state index contributed by atoms with van der Waals surface area (Å²) < 4.78 is 0. The van der Waals surface area contributed by atoms with Gasteiger partial charge in [0.05, 0.1) is 10.5 Å². The van der Waals surface area contributed by atoms with Crippen LogP contribution in [0.3, 0.4) is 0 Å². The molecule has 4 unspecified atom stereocenters. The summed E-state index contributed by atoms with van der Waals surface area (Å²) in [6.07, 6.45) is 0.623. The van der Waals surface area contributed by atoms with Crippen molar-refractivity contribution in [2.45, 2.75) is 13.3 Å². The summed E-state index contributed by atoms with van der Waals surface area (Å²) in [7, 11) is 0. The van der Waals surface area contributed by atoms with Crippen LogP contribution in [-0.4, -0.2) is 22.3 Å². The van der Waals surface area contributed by atoms with Crippen molar-refractivity contribution in [1.82, 2.24) is 0 Å². The largest absolute Gasteiger partial charge is 0.298 e. The number of carbonyl (C=O) groups is 3. The maximum absolute atomic E-state index is 12.6. The van der Waals surface area contributed by atoms with Crippen LogP contribution in [0.15, 0.2) is 18.2 Å². The molecule has 6 nitrogen and oxygen atoms in total. The van der Waals surface area contributed by atoms with Crippen LogP contribution in [-0.2, 0) is 9.59 Å². The van der Waals surface area contributed by atoms with Gasteiger partial charge in [-0.25, -0.2) is 0 Å². The van der Waals surface area contributed by atoms with Crippen LogP contribution in [0.1, 0.15) is 23.7 Å². The van der Waals surface area contributed by atoms with E-state index in [4.69, 9.17) is 11.6 Å². The van der Waals surface area contributed by atoms with Gasteiger partial charge < -0.3 is 0 Å². The summed E-state index contributed by atoms with van der Waals surface area (Å²) >= 11 is 5.71. The van der Waals surface area contributed by atoms with Gasteiger partial charge in [-0.15, -0.1) is 0 Å². The van der Waals surface area contributed by atoms with E-state index in [1.807, 2.05) is 0 Å². The van der Waals surface area contributed by atoms with Crippen LogP contribution < -0.4 is 0 Å². The standard InChI is InChI=1S/C15H12ClNO5/c1-6-9-5-10(9)15(20)12(13(6)18)14(19)8-3-2-7(16)4-11(8)17(21)22/h2-4,6,9-10,12H,5H2,1H3. The van der Waals surface area contributed by atoms with E-state index >= 15 is 0 Å². The molecular formula is C15H12ClNO5. The van der Waals surface area contributed by atoms with Crippen LogP contribution in [0, 0.1) is 33.8 Å². The van der Waals surface area contributed by atoms with Gasteiger partial charge >= 0.3 is 0 Å². The molecule has 2 aliphatic rings. The van der Waals surface area contributed by atoms with Crippen molar-refractivity contribution >= 4 is 34.6 Å². The first kappa shape index (κ1) is 14.8. The predicted molar refractivity (Wildman–Crippen MR) is 76.7 cm³/mol. The lowest BCUT2D eigenvalue weighted by Crippen LogP contribution is -2.41. The van der Waals surface area contributed by atoms with Crippen molar-refractivity contribution in [2.24, 2.45) is 23.7 Å². The first-order chi connectivity index (χ1) is 10.3. The van der Waals surface area contributed by atoms with E-state index in [0.29, 0.717) is 6.42 Å². The highest BCUT2D eigenvalue weighted by atomic mass is 35.5. The average molecular weight is 322 g/mol. The lowest BCUT2D eigenvalue weighted by molar-refractivity contribution is -0.385. The van der Waals surface area contributed by atoms with Gasteiger partial charge in [0, 0.05) is 22.9 Å². The Morgan fingerprint density at radius 1 is 1.32 bits per heavy atom. The van der Waals surface area contributed by atoms with E-state index in [-0.39, 0.29) is 28.3 Å². The summed E-state index contributed by atoms with van der Waals surface area (Å²) in [5, 5.41) is 11.2. The second-order valence-corrected chi connectivity index (χ2v) is 6.25. The van der Waals surface area contributed by atoms with Gasteiger partial charge in [-0.05, 0) is 24.5 Å². The molecule has 4 atom stereocenters. The molecular weight excluding hydrogens is 310 g/mol. The molecule has 0 amide bonds. The zero-order valence-corrected chi connectivity index (χ0v) is 12.4. The molecule has 1 aromatic carbocycles. The van der Waals surface area contributed by atoms with Crippen molar-refractivity contribution in [3.05, 3.63) is 38.9 Å². The van der Waals surface area contributed by atoms with E-state index in [1.54, 1.807) is 6.92 Å². The molecule has 0 heterocycles. The summed E-state index contributed by atoms with van der Waals surface area (Å²) in [6, 6.07) is 3.59. The lowest BCUT2D eigenvalue weighted by atomic mass is 9.76. The number of nitro benzene ring substituents is 1. The van der Waals surface area contributed by atoms with Crippen LogP contribution in [0.2, 0.25) is 5.02 Å². The highest BCUT2D eigenvalue weighted by Gasteiger charge is 2.58. The third-order valence-corrected chi connectivity index (χ3v) is 4.78. The maximum Gasteiger partial charge on any atom is 0.281 e. The van der Waals surface area contributed by atoms with E-state index in [1.165, 1.54) is 12.1 Å². The molecule has 2 fully saturated rings. The SMILES string of the molecule is CC1C(=O)C(C(=O)c2ccc(Cl)cc2[N+](=O)[O-])C(=O)C2CC12. The van der Waals surface area contributed by atoms with Crippen LogP contribution in [0.5, 0.6) is 0 Å². The Balaban J connectivity index is 2.02. The van der Waals surface area contributed by atoms with Gasteiger partial charge in [0.25, 0.3) is 5.69 Å². The molecule has 3 rings (SSSR count). The van der Waals surface area contributed by atoms with Crippen molar-refractivity contribution in [3.63, 3.8) is 0 Å². The highest BCUT2D eigenvalue weighted by molar-refractivity contribution is 6.31. The van der Waals surface area contributed by atoms with Gasteiger partial charge in [-0.2, -0.15) is 0 Å². The zero-order valence-electron chi connectivity index (χ0n) is 11.6. The van der Waals surface area contributed by atoms with Crippen LogP contribution in [0.4, 0.5) is 5.69 Å². The van der Waals surface area contributed by atoms with Gasteiger partial charge in [-0.1, -0.05) is 18.5 Å². The second-order valence-electron chi connectivity index (χ2n) is 5.82. The van der Waals surface area contributed by atoms with Crippen LogP contribution in [0.25, 0.3) is 0 Å². The van der Waals surface area contributed by atoms with E-state index in [2.05, 4.69) is 0 Å². The summed E-state index contributed by atoms with van der Waals surface area (Å²) in [5.41, 5.74) is -0.726. The smallest absolute Gasteiger partial charge is 0.281 e. The molecule has 0 bridgehead atoms. The number of nitro groups is 1. The third kappa shape index (κ3) is 2.14. The minimum absolute atomic E-state index is 0.0317. The Labute approximate surface area is 130 Å². The Morgan fingerprint density at radius 3 is 2.64 bits per heavy atom. The topological polar surface area (TPSA) is 94.3 Å². The van der Waals surface area contributed by atoms with Crippen molar-refractivity contribution in [1.29, 1.82) is 0 Å². The molecule has 0 radical (unpaired) electrons. The minimum Gasteiger partial charge on any atom is -0.298 e. The Morgan fingerprint density at radius 2 is 2.00 bits per heavy atom. The normalized spacial score (nSPS) is 29.9. The highest BCUT2D eigenvalue weighted by Crippen LogP contribution is 2.51. The van der Waals surface area contributed by atoms with Gasteiger partial charge in [0.1, 0.15) is 5.92 Å². The summed E-state index contributed by atoms with van der Waals surface area (Å²) in [5.74, 6) is -3.63. The number of halogens is 1. The third-order valence-electron chi connectivity index (χ3n) is 4.55. The monoisotopic (exact) mass is 321 g/mol. The molecule has 0 aromatic heterocycles. The predicted octanol–water partition coefficient (Wildman–Crippen LogP) is 2.47. The fraction of sp³-hybridized carbons (Fsp3) is 0.400. The summed E-state index contributed by atoms with van der Waals surface area (Å²) in [4.78, 5) is 47.5. The van der Waals surface area contributed by atoms with Crippen LogP contribution >= 0.6 is 11.6 Å². The molecule has 2 aliphatic carbocycles. The second kappa shape index (κ2) is 4.98. The molecule has 0 N–H and O–H groups in total. The van der Waals surface area contributed by atoms with Gasteiger partial charge in [0.15, 0.2) is 17.3 Å². The minimum atomic E-state index is -1.42. The molecule has 0 aliphatic heterocycles. The number of ketones is 3. The van der Waals surface area contributed by atoms with Gasteiger partial charge in [0.2, 0.25) is 0 Å². The Hall–Kier alpha value is -2.08. The lowest BCUT2D eigenvalue weighted by Gasteiger charge is -2.22. The number of Topliss-reactive ketones (excluding diaryl/α,β-unsaturated/α-hetero) is 3. The van der Waals surface area contributed by atoms with E-state index < -0.39 is 33.9 Å². The number of benzene rings is 1. The molecule has 7 heteroatoms. The molecule has 22 heavy (non-hydrogen) atoms. The molecule has 2 saturated carbocycles. The molecule has 0 saturated heterocycles. The van der Waals surface area contributed by atoms with Crippen molar-refractivity contribution < 1.29 is 19.3 Å². The molecule has 114 valence electrons. The molecule has 1 aromatic rings. The van der Waals surface area contributed by atoms with E-state index in [9.17, 15) is 24.5 Å². The summed E-state index contributed by atoms with van der Waals surface area (Å²) in [6.45, 7) is 1.70. The first-order valence-corrected chi connectivity index (χ1v) is 7.26. The number of nitrogens with zero attached hydrogens (tertiary/aromatic N) is 1. The fourth-order valence-electron chi connectivity index (χ4n) is 3.20. The number of carbonyl (C=O) groups excluding carboxylic acids is 3. The molecule has 0 spiro atoms. The number of fused-ring (bicyclic) bond motifs is 1. The number of hydrogen-bond donors (Lipinski definition) is 0. The zero-order chi connectivity index (χ0) is 16.2.